The van der Waals surface area contributed by atoms with E-state index in [9.17, 15) is 0 Å². The molecule has 0 spiro atoms. The predicted octanol–water partition coefficient (Wildman–Crippen LogP) is 7.49. The van der Waals surface area contributed by atoms with Gasteiger partial charge in [-0.2, -0.15) is 0 Å². The highest BCUT2D eigenvalue weighted by atomic mass is 35.5. The van der Waals surface area contributed by atoms with Gasteiger partial charge in [-0.3, -0.25) is 0 Å². The minimum absolute atomic E-state index is 0.612. The molecule has 0 amide bonds. The lowest BCUT2D eigenvalue weighted by Gasteiger charge is -2.38. The van der Waals surface area contributed by atoms with Gasteiger partial charge >= 0.3 is 0 Å². The fourth-order valence-electron chi connectivity index (χ4n) is 4.59. The number of halogens is 2. The Kier molecular flexibility index (Phi) is 8.50. The lowest BCUT2D eigenvalue weighted by molar-refractivity contribution is -0.937. The van der Waals surface area contributed by atoms with Gasteiger partial charge in [0.05, 0.1) is 29.7 Å². The molecule has 0 unspecified atom stereocenters. The van der Waals surface area contributed by atoms with Gasteiger partial charge in [-0.05, 0) is 64.4 Å². The van der Waals surface area contributed by atoms with E-state index in [1.165, 1.54) is 55.6 Å². The average molecular weight is 461 g/mol. The van der Waals surface area contributed by atoms with E-state index in [-0.39, 0.29) is 0 Å². The fourth-order valence-corrected chi connectivity index (χ4v) is 4.96. The third-order valence-corrected chi connectivity index (χ3v) is 7.47. The van der Waals surface area contributed by atoms with E-state index in [4.69, 9.17) is 23.2 Å². The number of aryl methyl sites for hydroxylation is 2. The topological polar surface area (TPSA) is 3.24 Å². The monoisotopic (exact) mass is 459 g/mol. The van der Waals surface area contributed by atoms with Crippen LogP contribution >= 0.6 is 23.2 Å². The van der Waals surface area contributed by atoms with E-state index in [0.29, 0.717) is 16.1 Å². The van der Waals surface area contributed by atoms with Crippen molar-refractivity contribution >= 4 is 29.3 Å². The summed E-state index contributed by atoms with van der Waals surface area (Å²) >= 11 is 12.5. The van der Waals surface area contributed by atoms with Crippen molar-refractivity contribution in [1.29, 1.82) is 0 Å². The van der Waals surface area contributed by atoms with Gasteiger partial charge in [0.25, 0.3) is 0 Å². The van der Waals surface area contributed by atoms with Crippen LogP contribution in [0, 0.1) is 13.8 Å². The standard InChI is InChI=1S/C27H37Cl2N2/c1-5-31(6-2,20-23-18-21(3)17-22(4)19-23)16-8-14-30(25-11-12-25)15-13-24-9-7-10-26(28)27(24)29/h7,9-10,13,15,17-19,25H,5-6,8,11-12,14,16,20H2,1-4H3/q+1/b15-13-. The Hall–Kier alpha value is -1.48. The van der Waals surface area contributed by atoms with Crippen molar-refractivity contribution in [3.05, 3.63) is 74.9 Å². The van der Waals surface area contributed by atoms with Crippen LogP contribution in [0.15, 0.2) is 42.6 Å². The molecule has 0 aliphatic heterocycles. The second-order valence-electron chi connectivity index (χ2n) is 9.13. The summed E-state index contributed by atoms with van der Waals surface area (Å²) in [5.41, 5.74) is 5.19. The number of quaternary nitrogens is 1. The molecule has 3 rings (SSSR count). The summed E-state index contributed by atoms with van der Waals surface area (Å²) in [7, 11) is 0. The SMILES string of the molecule is CC[N+](CC)(CCCN(/C=C\c1cccc(Cl)c1Cl)C1CC1)Cc1cc(C)cc(C)c1. The largest absolute Gasteiger partial charge is 0.374 e. The minimum Gasteiger partial charge on any atom is -0.374 e. The second kappa shape index (κ2) is 10.9. The molecule has 0 heterocycles. The summed E-state index contributed by atoms with van der Waals surface area (Å²) in [6, 6.07) is 13.5. The summed E-state index contributed by atoms with van der Waals surface area (Å²) in [6.07, 6.45) is 8.11. The molecule has 2 aromatic rings. The van der Waals surface area contributed by atoms with Crippen LogP contribution in [0.3, 0.4) is 0 Å². The molecule has 1 aliphatic carbocycles. The van der Waals surface area contributed by atoms with Crippen molar-refractivity contribution in [3.63, 3.8) is 0 Å². The smallest absolute Gasteiger partial charge is 0.104 e. The van der Waals surface area contributed by atoms with E-state index in [1.54, 1.807) is 0 Å². The molecule has 1 aliphatic rings. The molecule has 0 atom stereocenters. The van der Waals surface area contributed by atoms with Gasteiger partial charge in [-0.1, -0.05) is 64.7 Å². The molecular formula is C27H37Cl2N2+. The molecule has 2 aromatic carbocycles. The molecule has 0 radical (unpaired) electrons. The molecular weight excluding hydrogens is 423 g/mol. The van der Waals surface area contributed by atoms with Crippen LogP contribution in [0.25, 0.3) is 6.08 Å². The fraction of sp³-hybridized carbons (Fsp3) is 0.481. The number of rotatable bonds is 11. The average Bonchev–Trinajstić information content (AvgIpc) is 3.57. The van der Waals surface area contributed by atoms with E-state index in [0.717, 1.165) is 23.1 Å². The quantitative estimate of drug-likeness (QED) is 0.314. The molecule has 1 saturated carbocycles. The summed E-state index contributed by atoms with van der Waals surface area (Å²) in [5, 5.41) is 1.25. The molecule has 31 heavy (non-hydrogen) atoms. The van der Waals surface area contributed by atoms with Crippen LogP contribution in [0.2, 0.25) is 10.0 Å². The van der Waals surface area contributed by atoms with E-state index in [1.807, 2.05) is 18.2 Å². The maximum Gasteiger partial charge on any atom is 0.104 e. The molecule has 168 valence electrons. The van der Waals surface area contributed by atoms with Gasteiger partial charge < -0.3 is 9.38 Å². The Morgan fingerprint density at radius 1 is 1.03 bits per heavy atom. The second-order valence-corrected chi connectivity index (χ2v) is 9.92. The third kappa shape index (κ3) is 6.75. The van der Waals surface area contributed by atoms with Crippen molar-refractivity contribution in [2.45, 2.75) is 59.5 Å². The Balaban J connectivity index is 1.64. The molecule has 0 aromatic heterocycles. The maximum atomic E-state index is 6.37. The molecule has 1 fully saturated rings. The van der Waals surface area contributed by atoms with Crippen LogP contribution in [0.5, 0.6) is 0 Å². The molecule has 0 bridgehead atoms. The van der Waals surface area contributed by atoms with Crippen LogP contribution in [0.1, 0.15) is 55.4 Å². The first kappa shape index (κ1) is 24.2. The number of hydrogen-bond acceptors (Lipinski definition) is 1. The normalized spacial score (nSPS) is 14.4. The van der Waals surface area contributed by atoms with Crippen molar-refractivity contribution in [3.8, 4) is 0 Å². The highest BCUT2D eigenvalue weighted by Crippen LogP contribution is 2.30. The zero-order valence-electron chi connectivity index (χ0n) is 19.5. The summed E-state index contributed by atoms with van der Waals surface area (Å²) < 4.78 is 1.14. The molecule has 4 heteroatoms. The first-order chi connectivity index (χ1) is 14.9. The lowest BCUT2D eigenvalue weighted by Crippen LogP contribution is -2.48. The Bertz CT molecular complexity index is 878. The van der Waals surface area contributed by atoms with E-state index in [2.05, 4.69) is 63.1 Å². The maximum absolute atomic E-state index is 6.37. The van der Waals surface area contributed by atoms with Gasteiger partial charge in [0.2, 0.25) is 0 Å². The summed E-state index contributed by atoms with van der Waals surface area (Å²) in [6.45, 7) is 14.8. The highest BCUT2D eigenvalue weighted by Gasteiger charge is 2.28. The van der Waals surface area contributed by atoms with Gasteiger partial charge in [0.15, 0.2) is 0 Å². The number of benzene rings is 2. The van der Waals surface area contributed by atoms with Gasteiger partial charge in [0.1, 0.15) is 6.54 Å². The minimum atomic E-state index is 0.612. The molecule has 2 nitrogen and oxygen atoms in total. The van der Waals surface area contributed by atoms with Gasteiger partial charge in [-0.15, -0.1) is 0 Å². The van der Waals surface area contributed by atoms with E-state index < -0.39 is 0 Å². The van der Waals surface area contributed by atoms with Crippen molar-refractivity contribution in [2.24, 2.45) is 0 Å². The van der Waals surface area contributed by atoms with Crippen LogP contribution < -0.4 is 0 Å². The molecule has 0 N–H and O–H groups in total. The van der Waals surface area contributed by atoms with Crippen molar-refractivity contribution in [1.82, 2.24) is 4.90 Å². The first-order valence-electron chi connectivity index (χ1n) is 11.7. The van der Waals surface area contributed by atoms with Crippen LogP contribution in [0.4, 0.5) is 0 Å². The Morgan fingerprint density at radius 3 is 2.32 bits per heavy atom. The zero-order valence-corrected chi connectivity index (χ0v) is 21.0. The van der Waals surface area contributed by atoms with Crippen molar-refractivity contribution in [2.75, 3.05) is 26.2 Å². The Morgan fingerprint density at radius 2 is 1.71 bits per heavy atom. The van der Waals surface area contributed by atoms with Gasteiger partial charge in [0, 0.05) is 24.6 Å². The van der Waals surface area contributed by atoms with Crippen molar-refractivity contribution < 1.29 is 4.48 Å². The van der Waals surface area contributed by atoms with E-state index >= 15 is 0 Å². The van der Waals surface area contributed by atoms with Crippen LogP contribution in [-0.4, -0.2) is 41.6 Å². The van der Waals surface area contributed by atoms with Gasteiger partial charge in [-0.25, -0.2) is 0 Å². The zero-order chi connectivity index (χ0) is 22.4. The number of nitrogens with zero attached hydrogens (tertiary/aromatic N) is 2. The van der Waals surface area contributed by atoms with Crippen LogP contribution in [-0.2, 0) is 6.54 Å². The summed E-state index contributed by atoms with van der Waals surface area (Å²) in [4.78, 5) is 2.51. The molecule has 0 saturated heterocycles. The number of hydrogen-bond donors (Lipinski definition) is 0. The lowest BCUT2D eigenvalue weighted by atomic mass is 10.1. The highest BCUT2D eigenvalue weighted by molar-refractivity contribution is 6.42. The summed E-state index contributed by atoms with van der Waals surface area (Å²) in [5.74, 6) is 0. The third-order valence-electron chi connectivity index (χ3n) is 6.63. The first-order valence-corrected chi connectivity index (χ1v) is 12.4. The Labute approximate surface area is 199 Å². The predicted molar refractivity (Wildman–Crippen MR) is 136 cm³/mol.